The minimum Gasteiger partial charge on any atom is -0.365 e. The van der Waals surface area contributed by atoms with Gasteiger partial charge in [0, 0.05) is 30.4 Å². The van der Waals surface area contributed by atoms with Gasteiger partial charge in [-0.3, -0.25) is 9.78 Å². The number of allylic oxidation sites excluding steroid dienone is 2. The molecule has 1 fully saturated rings. The molecule has 1 saturated carbocycles. The summed E-state index contributed by atoms with van der Waals surface area (Å²) < 4.78 is 1.83. The first kappa shape index (κ1) is 17.6. The molecule has 2 aliphatic carbocycles. The van der Waals surface area contributed by atoms with E-state index in [-0.39, 0.29) is 5.41 Å². The second-order valence-corrected chi connectivity index (χ2v) is 7.61. The predicted molar refractivity (Wildman–Crippen MR) is 114 cm³/mol. The third-order valence-corrected chi connectivity index (χ3v) is 5.67. The largest absolute Gasteiger partial charge is 0.365 e. The molecule has 5 nitrogen and oxygen atoms in total. The summed E-state index contributed by atoms with van der Waals surface area (Å²) in [6.07, 6.45) is 13.3. The highest BCUT2D eigenvalue weighted by atomic mass is 16.1. The summed E-state index contributed by atoms with van der Waals surface area (Å²) >= 11 is 0. The van der Waals surface area contributed by atoms with Gasteiger partial charge in [0.15, 0.2) is 5.82 Å². The molecule has 29 heavy (non-hydrogen) atoms. The van der Waals surface area contributed by atoms with Gasteiger partial charge in [-0.15, -0.1) is 0 Å². The van der Waals surface area contributed by atoms with Crippen LogP contribution < -0.4 is 5.32 Å². The second kappa shape index (κ2) is 7.17. The molecule has 0 spiro atoms. The minimum absolute atomic E-state index is 0.390. The van der Waals surface area contributed by atoms with Crippen LogP contribution in [0.5, 0.6) is 0 Å². The predicted octanol–water partition coefficient (Wildman–Crippen LogP) is 4.08. The Balaban J connectivity index is 1.67. The number of anilines is 1. The number of carbonyl (C=O) groups excluding carboxylic acids is 1. The van der Waals surface area contributed by atoms with Crippen LogP contribution in [0.4, 0.5) is 5.82 Å². The van der Waals surface area contributed by atoms with Crippen molar-refractivity contribution in [2.45, 2.75) is 30.7 Å². The van der Waals surface area contributed by atoms with E-state index in [9.17, 15) is 4.79 Å². The van der Waals surface area contributed by atoms with Crippen LogP contribution in [0.1, 0.15) is 35.4 Å². The number of hydrogen-bond acceptors (Lipinski definition) is 4. The van der Waals surface area contributed by atoms with Gasteiger partial charge in [0.2, 0.25) is 0 Å². The molecule has 1 unspecified atom stereocenters. The molecule has 0 amide bonds. The van der Waals surface area contributed by atoms with E-state index in [0.29, 0.717) is 12.5 Å². The Kier molecular flexibility index (Phi) is 4.35. The van der Waals surface area contributed by atoms with Crippen LogP contribution in [0.2, 0.25) is 0 Å². The van der Waals surface area contributed by atoms with Crippen molar-refractivity contribution < 1.29 is 4.79 Å². The molecule has 1 aromatic carbocycles. The Bertz CT molecular complexity index is 1040. The number of aldehydes is 1. The third kappa shape index (κ3) is 3.18. The van der Waals surface area contributed by atoms with Crippen molar-refractivity contribution in [1.29, 1.82) is 0 Å². The quantitative estimate of drug-likeness (QED) is 0.516. The zero-order valence-corrected chi connectivity index (χ0v) is 16.0. The van der Waals surface area contributed by atoms with Gasteiger partial charge < -0.3 is 5.32 Å². The molecule has 2 heterocycles. The summed E-state index contributed by atoms with van der Waals surface area (Å²) in [4.78, 5) is 15.7. The fourth-order valence-corrected chi connectivity index (χ4v) is 4.03. The number of carbonyl (C=O) groups is 1. The van der Waals surface area contributed by atoms with Gasteiger partial charge in [0.05, 0.1) is 16.8 Å². The van der Waals surface area contributed by atoms with Crippen molar-refractivity contribution in [2.75, 3.05) is 5.32 Å². The maximum Gasteiger partial charge on any atom is 0.156 e. The smallest absolute Gasteiger partial charge is 0.156 e. The van der Waals surface area contributed by atoms with Gasteiger partial charge in [-0.1, -0.05) is 48.6 Å². The number of aromatic nitrogens is 3. The highest BCUT2D eigenvalue weighted by molar-refractivity contribution is 5.74. The van der Waals surface area contributed by atoms with E-state index in [1.165, 1.54) is 24.5 Å². The molecule has 0 radical (unpaired) electrons. The number of nitrogens with zero attached hydrogens (tertiary/aromatic N) is 3. The van der Waals surface area contributed by atoms with Gasteiger partial charge in [-0.2, -0.15) is 5.10 Å². The summed E-state index contributed by atoms with van der Waals surface area (Å²) in [5.74, 6) is 0.886. The van der Waals surface area contributed by atoms with E-state index in [2.05, 4.69) is 47.8 Å². The van der Waals surface area contributed by atoms with Crippen molar-refractivity contribution >= 4 is 24.4 Å². The Morgan fingerprint density at radius 2 is 1.93 bits per heavy atom. The number of hydrogen-bond donors (Lipinski definition) is 1. The van der Waals surface area contributed by atoms with Crippen molar-refractivity contribution in [2.24, 2.45) is 0 Å². The fourth-order valence-electron chi connectivity index (χ4n) is 4.03. The van der Waals surface area contributed by atoms with E-state index >= 15 is 0 Å². The lowest BCUT2D eigenvalue weighted by atomic mass is 9.70. The number of nitrogens with one attached hydrogen (secondary N) is 1. The van der Waals surface area contributed by atoms with Crippen molar-refractivity contribution in [3.63, 3.8) is 0 Å². The monoisotopic (exact) mass is 382 g/mol. The SMILES string of the molecule is O=CC=Cn1nc(NC2CC2)c2c1CC(c1ccccc1)(c1ccccn1)C=C2. The van der Waals surface area contributed by atoms with Crippen molar-refractivity contribution in [3.05, 3.63) is 89.4 Å². The summed E-state index contributed by atoms with van der Waals surface area (Å²) in [6.45, 7) is 0. The lowest BCUT2D eigenvalue weighted by Crippen LogP contribution is -2.32. The summed E-state index contributed by atoms with van der Waals surface area (Å²) in [6, 6.07) is 17.0. The molecule has 2 aromatic heterocycles. The zero-order chi connectivity index (χ0) is 19.7. The van der Waals surface area contributed by atoms with E-state index in [4.69, 9.17) is 10.1 Å². The molecule has 144 valence electrons. The van der Waals surface area contributed by atoms with Crippen LogP contribution in [0.15, 0.2) is 66.9 Å². The molecular formula is C24H22N4O. The topological polar surface area (TPSA) is 59.8 Å². The van der Waals surface area contributed by atoms with Crippen molar-refractivity contribution in [3.8, 4) is 0 Å². The lowest BCUT2D eigenvalue weighted by Gasteiger charge is -2.33. The van der Waals surface area contributed by atoms with Gasteiger partial charge in [0.25, 0.3) is 0 Å². The first-order chi connectivity index (χ1) is 14.3. The van der Waals surface area contributed by atoms with Gasteiger partial charge in [-0.25, -0.2) is 4.68 Å². The normalized spacial score (nSPS) is 20.6. The van der Waals surface area contributed by atoms with E-state index in [1.54, 1.807) is 6.20 Å². The first-order valence-electron chi connectivity index (χ1n) is 9.96. The first-order valence-corrected chi connectivity index (χ1v) is 9.96. The minimum atomic E-state index is -0.390. The molecule has 0 aliphatic heterocycles. The molecule has 5 rings (SSSR count). The molecule has 3 aromatic rings. The summed E-state index contributed by atoms with van der Waals surface area (Å²) in [5, 5.41) is 8.28. The summed E-state index contributed by atoms with van der Waals surface area (Å²) in [5.41, 5.74) is 3.96. The maximum atomic E-state index is 10.9. The third-order valence-electron chi connectivity index (χ3n) is 5.67. The summed E-state index contributed by atoms with van der Waals surface area (Å²) in [7, 11) is 0. The van der Waals surface area contributed by atoms with Crippen LogP contribution in [-0.2, 0) is 16.6 Å². The highest BCUT2D eigenvalue weighted by Crippen LogP contribution is 2.43. The van der Waals surface area contributed by atoms with Crippen molar-refractivity contribution in [1.82, 2.24) is 14.8 Å². The zero-order valence-electron chi connectivity index (χ0n) is 16.0. The molecular weight excluding hydrogens is 360 g/mol. The molecule has 1 N–H and O–H groups in total. The van der Waals surface area contributed by atoms with E-state index in [0.717, 1.165) is 29.1 Å². The Morgan fingerprint density at radius 3 is 2.66 bits per heavy atom. The van der Waals surface area contributed by atoms with Crippen LogP contribution in [0.25, 0.3) is 12.3 Å². The second-order valence-electron chi connectivity index (χ2n) is 7.61. The van der Waals surface area contributed by atoms with E-state index < -0.39 is 0 Å². The average molecular weight is 382 g/mol. The number of fused-ring (bicyclic) bond motifs is 1. The Labute approximate surface area is 169 Å². The number of rotatable bonds is 6. The molecule has 2 aliphatic rings. The van der Waals surface area contributed by atoms with Gasteiger partial charge >= 0.3 is 0 Å². The van der Waals surface area contributed by atoms with Crippen LogP contribution in [0.3, 0.4) is 0 Å². The molecule has 0 saturated heterocycles. The molecule has 1 atom stereocenters. The Morgan fingerprint density at radius 1 is 1.10 bits per heavy atom. The number of benzene rings is 1. The van der Waals surface area contributed by atoms with Crippen LogP contribution >= 0.6 is 0 Å². The lowest BCUT2D eigenvalue weighted by molar-refractivity contribution is -0.104. The van der Waals surface area contributed by atoms with Gasteiger partial charge in [0.1, 0.15) is 6.29 Å². The van der Waals surface area contributed by atoms with E-state index in [1.807, 2.05) is 29.1 Å². The highest BCUT2D eigenvalue weighted by Gasteiger charge is 2.39. The van der Waals surface area contributed by atoms with Gasteiger partial charge in [-0.05, 0) is 36.6 Å². The van der Waals surface area contributed by atoms with Crippen LogP contribution in [-0.4, -0.2) is 27.1 Å². The molecule has 5 heteroatoms. The maximum absolute atomic E-state index is 10.9. The fraction of sp³-hybridized carbons (Fsp3) is 0.208. The standard InChI is InChI=1S/C24H22N4O/c29-16-6-15-28-21-17-24(18-7-2-1-3-8-18,22-9-4-5-14-25-22)13-12-20(21)23(27-28)26-19-10-11-19/h1-9,12-16,19H,10-11,17H2,(H,26,27). The van der Waals surface area contributed by atoms with Crippen LogP contribution in [0, 0.1) is 0 Å². The average Bonchev–Trinajstić information content (AvgIpc) is 3.54. The number of pyridine rings is 1. The Hall–Kier alpha value is -3.47. The molecule has 0 bridgehead atoms.